The number of sulfonamides is 1. The summed E-state index contributed by atoms with van der Waals surface area (Å²) in [5.41, 5.74) is 1.27. The van der Waals surface area contributed by atoms with E-state index in [0.717, 1.165) is 5.56 Å². The average Bonchev–Trinajstić information content (AvgIpc) is 3.09. The van der Waals surface area contributed by atoms with E-state index in [9.17, 15) is 8.42 Å². The molecule has 0 amide bonds. The Morgan fingerprint density at radius 2 is 1.63 bits per heavy atom. The molecule has 0 aliphatic carbocycles. The van der Waals surface area contributed by atoms with Crippen LogP contribution >= 0.6 is 0 Å². The number of methoxy groups -OCH3 is 1. The fourth-order valence-corrected chi connectivity index (χ4v) is 3.44. The molecular formula is C19H20N2O5S. The monoisotopic (exact) mass is 388 g/mol. The van der Waals surface area contributed by atoms with Crippen molar-refractivity contribution in [3.8, 4) is 22.6 Å². The highest BCUT2D eigenvalue weighted by atomic mass is 32.2. The quantitative estimate of drug-likeness (QED) is 0.659. The first-order valence-electron chi connectivity index (χ1n) is 8.27. The van der Waals surface area contributed by atoms with Crippen LogP contribution in [0.5, 0.6) is 11.5 Å². The van der Waals surface area contributed by atoms with Gasteiger partial charge < -0.3 is 14.0 Å². The van der Waals surface area contributed by atoms with Crippen molar-refractivity contribution < 1.29 is 22.4 Å². The van der Waals surface area contributed by atoms with Gasteiger partial charge in [0.2, 0.25) is 5.88 Å². The number of nitrogens with zero attached hydrogens (tertiary/aromatic N) is 1. The minimum absolute atomic E-state index is 0.00632. The molecule has 0 unspecified atom stereocenters. The highest BCUT2D eigenvalue weighted by Crippen LogP contribution is 2.31. The zero-order valence-corrected chi connectivity index (χ0v) is 16.0. The van der Waals surface area contributed by atoms with Gasteiger partial charge in [0.1, 0.15) is 11.5 Å². The van der Waals surface area contributed by atoms with Gasteiger partial charge in [-0.15, -0.1) is 0 Å². The van der Waals surface area contributed by atoms with Gasteiger partial charge in [-0.2, -0.15) is 0 Å². The molecule has 142 valence electrons. The van der Waals surface area contributed by atoms with Crippen LogP contribution in [0.4, 0.5) is 5.88 Å². The van der Waals surface area contributed by atoms with E-state index >= 15 is 0 Å². The summed E-state index contributed by atoms with van der Waals surface area (Å²) in [5, 5.41) is 3.71. The molecular weight excluding hydrogens is 368 g/mol. The first kappa shape index (κ1) is 18.8. The third kappa shape index (κ3) is 4.40. The molecule has 0 saturated carbocycles. The Balaban J connectivity index is 1.83. The number of rotatable bonds is 7. The first-order valence-corrected chi connectivity index (χ1v) is 9.76. The summed E-state index contributed by atoms with van der Waals surface area (Å²) in [5.74, 6) is 1.34. The number of hydrogen-bond donors (Lipinski definition) is 1. The molecule has 2 aromatic carbocycles. The molecule has 27 heavy (non-hydrogen) atoms. The highest BCUT2D eigenvalue weighted by Gasteiger charge is 2.20. The Labute approximate surface area is 158 Å². The molecule has 0 atom stereocenters. The van der Waals surface area contributed by atoms with Crippen molar-refractivity contribution in [1.82, 2.24) is 5.16 Å². The number of ether oxygens (including phenoxy) is 2. The van der Waals surface area contributed by atoms with Crippen LogP contribution in [0.2, 0.25) is 0 Å². The third-order valence-corrected chi connectivity index (χ3v) is 5.05. The Bertz CT molecular complexity index is 993. The zero-order valence-electron chi connectivity index (χ0n) is 15.2. The van der Waals surface area contributed by atoms with Crippen LogP contribution in [-0.4, -0.2) is 26.8 Å². The molecule has 7 nitrogen and oxygen atoms in total. The Hall–Kier alpha value is -3.00. The standard InChI is InChI=1S/C19H20N2O5S/c1-13(2)25-16-8-10-17(11-9-16)27(22,23)21-19-18(12-20-26-19)14-4-6-15(24-3)7-5-14/h4-13,21H,1-3H3. The van der Waals surface area contributed by atoms with Crippen LogP contribution in [0.1, 0.15) is 13.8 Å². The normalized spacial score (nSPS) is 11.4. The van der Waals surface area contributed by atoms with E-state index in [0.29, 0.717) is 17.1 Å². The largest absolute Gasteiger partial charge is 0.497 e. The number of aromatic nitrogens is 1. The van der Waals surface area contributed by atoms with Gasteiger partial charge >= 0.3 is 0 Å². The second kappa shape index (κ2) is 7.71. The molecule has 0 aliphatic heterocycles. The van der Waals surface area contributed by atoms with Gasteiger partial charge in [-0.25, -0.2) is 13.1 Å². The van der Waals surface area contributed by atoms with Crippen molar-refractivity contribution >= 4 is 15.9 Å². The molecule has 3 aromatic rings. The molecule has 1 N–H and O–H groups in total. The lowest BCUT2D eigenvalue weighted by Crippen LogP contribution is -2.13. The fourth-order valence-electron chi connectivity index (χ4n) is 2.44. The number of anilines is 1. The molecule has 0 bridgehead atoms. The van der Waals surface area contributed by atoms with Crippen LogP contribution < -0.4 is 14.2 Å². The SMILES string of the molecule is COc1ccc(-c2cnoc2NS(=O)(=O)c2ccc(OC(C)C)cc2)cc1. The molecule has 1 heterocycles. The topological polar surface area (TPSA) is 90.7 Å². The van der Waals surface area contributed by atoms with Gasteiger partial charge in [0.05, 0.1) is 29.9 Å². The van der Waals surface area contributed by atoms with Crippen LogP contribution in [0.15, 0.2) is 64.1 Å². The highest BCUT2D eigenvalue weighted by molar-refractivity contribution is 7.92. The summed E-state index contributed by atoms with van der Waals surface area (Å²) >= 11 is 0. The van der Waals surface area contributed by atoms with Gasteiger partial charge in [-0.1, -0.05) is 17.3 Å². The summed E-state index contributed by atoms with van der Waals surface area (Å²) in [6.45, 7) is 3.80. The van der Waals surface area contributed by atoms with E-state index in [1.54, 1.807) is 43.5 Å². The second-order valence-corrected chi connectivity index (χ2v) is 7.72. The van der Waals surface area contributed by atoms with Crippen LogP contribution in [-0.2, 0) is 10.0 Å². The minimum Gasteiger partial charge on any atom is -0.497 e. The van der Waals surface area contributed by atoms with Gasteiger partial charge in [-0.3, -0.25) is 0 Å². The van der Waals surface area contributed by atoms with E-state index < -0.39 is 10.0 Å². The van der Waals surface area contributed by atoms with Gasteiger partial charge in [-0.05, 0) is 55.8 Å². The van der Waals surface area contributed by atoms with E-state index in [1.165, 1.54) is 18.3 Å². The minimum atomic E-state index is -3.84. The molecule has 0 aliphatic rings. The van der Waals surface area contributed by atoms with E-state index in [2.05, 4.69) is 9.88 Å². The predicted octanol–water partition coefficient (Wildman–Crippen LogP) is 3.94. The zero-order chi connectivity index (χ0) is 19.4. The van der Waals surface area contributed by atoms with Crippen LogP contribution in [0, 0.1) is 0 Å². The Morgan fingerprint density at radius 3 is 2.22 bits per heavy atom. The third-order valence-electron chi connectivity index (χ3n) is 3.70. The second-order valence-electron chi connectivity index (χ2n) is 6.04. The lowest BCUT2D eigenvalue weighted by molar-refractivity contribution is 0.242. The number of nitrogens with one attached hydrogen (secondary N) is 1. The van der Waals surface area contributed by atoms with Crippen molar-refractivity contribution in [2.24, 2.45) is 0 Å². The van der Waals surface area contributed by atoms with Crippen molar-refractivity contribution in [1.29, 1.82) is 0 Å². The molecule has 8 heteroatoms. The van der Waals surface area contributed by atoms with Crippen LogP contribution in [0.3, 0.4) is 0 Å². The summed E-state index contributed by atoms with van der Waals surface area (Å²) in [4.78, 5) is 0.0932. The molecule has 3 rings (SSSR count). The maximum absolute atomic E-state index is 12.7. The first-order chi connectivity index (χ1) is 12.9. The van der Waals surface area contributed by atoms with Crippen molar-refractivity contribution in [2.45, 2.75) is 24.8 Å². The van der Waals surface area contributed by atoms with Crippen molar-refractivity contribution in [3.63, 3.8) is 0 Å². The van der Waals surface area contributed by atoms with E-state index in [4.69, 9.17) is 14.0 Å². The van der Waals surface area contributed by atoms with Gasteiger partial charge in [0, 0.05) is 0 Å². The number of hydrogen-bond acceptors (Lipinski definition) is 6. The number of benzene rings is 2. The van der Waals surface area contributed by atoms with Crippen LogP contribution in [0.25, 0.3) is 11.1 Å². The van der Waals surface area contributed by atoms with E-state index in [1.807, 2.05) is 13.8 Å². The smallest absolute Gasteiger partial charge is 0.264 e. The van der Waals surface area contributed by atoms with Crippen molar-refractivity contribution in [3.05, 3.63) is 54.7 Å². The molecule has 0 radical (unpaired) electrons. The van der Waals surface area contributed by atoms with Crippen molar-refractivity contribution in [2.75, 3.05) is 11.8 Å². The Kier molecular flexibility index (Phi) is 5.36. The maximum atomic E-state index is 12.7. The molecule has 0 spiro atoms. The lowest BCUT2D eigenvalue weighted by Gasteiger charge is -2.11. The summed E-state index contributed by atoms with van der Waals surface area (Å²) in [6, 6.07) is 13.3. The summed E-state index contributed by atoms with van der Waals surface area (Å²) < 4.78 is 43.5. The summed E-state index contributed by atoms with van der Waals surface area (Å²) in [6.07, 6.45) is 1.46. The average molecular weight is 388 g/mol. The molecule has 0 saturated heterocycles. The predicted molar refractivity (Wildman–Crippen MR) is 102 cm³/mol. The molecule has 1 aromatic heterocycles. The lowest BCUT2D eigenvalue weighted by atomic mass is 10.1. The maximum Gasteiger partial charge on any atom is 0.264 e. The van der Waals surface area contributed by atoms with Gasteiger partial charge in [0.15, 0.2) is 0 Å². The van der Waals surface area contributed by atoms with E-state index in [-0.39, 0.29) is 16.9 Å². The summed E-state index contributed by atoms with van der Waals surface area (Å²) in [7, 11) is -2.26. The fraction of sp³-hybridized carbons (Fsp3) is 0.211. The molecule has 0 fully saturated rings. The van der Waals surface area contributed by atoms with Gasteiger partial charge in [0.25, 0.3) is 10.0 Å². The Morgan fingerprint density at radius 1 is 1.00 bits per heavy atom.